The SMILES string of the molecule is CCCCS(=O)(=O)C1CC(CC)CCC1NCCC. The minimum absolute atomic E-state index is 0.149. The zero-order valence-corrected chi connectivity index (χ0v) is 13.6. The molecule has 3 nitrogen and oxygen atoms in total. The van der Waals surface area contributed by atoms with Gasteiger partial charge in [0.15, 0.2) is 9.84 Å². The highest BCUT2D eigenvalue weighted by atomic mass is 32.2. The fraction of sp³-hybridized carbons (Fsp3) is 1.00. The molecule has 0 bridgehead atoms. The van der Waals surface area contributed by atoms with Gasteiger partial charge in [-0.05, 0) is 44.6 Å². The first kappa shape index (κ1) is 17.0. The molecule has 0 amide bonds. The van der Waals surface area contributed by atoms with Crippen molar-refractivity contribution in [3.63, 3.8) is 0 Å². The lowest BCUT2D eigenvalue weighted by molar-refractivity contribution is 0.287. The van der Waals surface area contributed by atoms with Gasteiger partial charge in [-0.1, -0.05) is 33.6 Å². The second kappa shape index (κ2) is 8.25. The number of sulfone groups is 1. The lowest BCUT2D eigenvalue weighted by Gasteiger charge is -2.36. The molecule has 0 radical (unpaired) electrons. The van der Waals surface area contributed by atoms with Crippen LogP contribution in [0.25, 0.3) is 0 Å². The Bertz CT molecular complexity index is 340. The Kier molecular flexibility index (Phi) is 7.37. The molecule has 4 heteroatoms. The van der Waals surface area contributed by atoms with Gasteiger partial charge in [0.05, 0.1) is 11.0 Å². The summed E-state index contributed by atoms with van der Waals surface area (Å²) in [6.45, 7) is 7.30. The molecule has 1 aliphatic carbocycles. The lowest BCUT2D eigenvalue weighted by Crippen LogP contribution is -2.49. The highest BCUT2D eigenvalue weighted by molar-refractivity contribution is 7.92. The van der Waals surface area contributed by atoms with Crippen molar-refractivity contribution in [3.05, 3.63) is 0 Å². The Morgan fingerprint density at radius 1 is 1.11 bits per heavy atom. The van der Waals surface area contributed by atoms with Crippen molar-refractivity contribution in [2.24, 2.45) is 5.92 Å². The van der Waals surface area contributed by atoms with Crippen LogP contribution in [0.1, 0.15) is 65.7 Å². The molecule has 1 rings (SSSR count). The predicted molar refractivity (Wildman–Crippen MR) is 82.2 cm³/mol. The molecule has 1 saturated carbocycles. The van der Waals surface area contributed by atoms with E-state index in [1.54, 1.807) is 0 Å². The number of hydrogen-bond donors (Lipinski definition) is 1. The van der Waals surface area contributed by atoms with Gasteiger partial charge in [0.25, 0.3) is 0 Å². The number of nitrogens with one attached hydrogen (secondary N) is 1. The van der Waals surface area contributed by atoms with Crippen molar-refractivity contribution in [2.75, 3.05) is 12.3 Å². The molecule has 0 spiro atoms. The average Bonchev–Trinajstić information content (AvgIpc) is 2.42. The van der Waals surface area contributed by atoms with E-state index in [0.29, 0.717) is 11.7 Å². The minimum atomic E-state index is -2.93. The lowest BCUT2D eigenvalue weighted by atomic mass is 9.84. The zero-order chi connectivity index (χ0) is 14.3. The van der Waals surface area contributed by atoms with E-state index in [0.717, 1.165) is 45.1 Å². The van der Waals surface area contributed by atoms with Gasteiger partial charge in [-0.3, -0.25) is 0 Å². The van der Waals surface area contributed by atoms with Gasteiger partial charge in [0.2, 0.25) is 0 Å². The molecule has 1 aliphatic rings. The molecule has 0 aliphatic heterocycles. The van der Waals surface area contributed by atoms with Crippen LogP contribution >= 0.6 is 0 Å². The Balaban J connectivity index is 2.74. The van der Waals surface area contributed by atoms with E-state index in [2.05, 4.69) is 26.1 Å². The van der Waals surface area contributed by atoms with Crippen molar-refractivity contribution in [3.8, 4) is 0 Å². The summed E-state index contributed by atoms with van der Waals surface area (Å²) < 4.78 is 25.1. The molecule has 0 aromatic rings. The van der Waals surface area contributed by atoms with Gasteiger partial charge in [-0.15, -0.1) is 0 Å². The second-order valence-electron chi connectivity index (χ2n) is 5.91. The van der Waals surface area contributed by atoms with E-state index in [4.69, 9.17) is 0 Å². The predicted octanol–water partition coefficient (Wildman–Crippen LogP) is 3.15. The van der Waals surface area contributed by atoms with Crippen molar-refractivity contribution in [2.45, 2.75) is 77.0 Å². The summed E-state index contributed by atoms with van der Waals surface area (Å²) in [5, 5.41) is 3.32. The Hall–Kier alpha value is -0.0900. The largest absolute Gasteiger partial charge is 0.313 e. The fourth-order valence-corrected chi connectivity index (χ4v) is 5.33. The summed E-state index contributed by atoms with van der Waals surface area (Å²) in [6.07, 6.45) is 7.00. The van der Waals surface area contributed by atoms with Crippen LogP contribution < -0.4 is 5.32 Å². The first-order valence-corrected chi connectivity index (χ1v) is 9.71. The highest BCUT2D eigenvalue weighted by Crippen LogP contribution is 2.31. The Morgan fingerprint density at radius 3 is 2.42 bits per heavy atom. The summed E-state index contributed by atoms with van der Waals surface area (Å²) >= 11 is 0. The van der Waals surface area contributed by atoms with Crippen LogP contribution in [0.2, 0.25) is 0 Å². The summed E-state index contributed by atoms with van der Waals surface area (Å²) in [4.78, 5) is 0. The van der Waals surface area contributed by atoms with Crippen molar-refractivity contribution in [1.82, 2.24) is 5.32 Å². The molecule has 0 saturated heterocycles. The van der Waals surface area contributed by atoms with E-state index in [-0.39, 0.29) is 11.3 Å². The number of hydrogen-bond acceptors (Lipinski definition) is 3. The third-order valence-electron chi connectivity index (χ3n) is 4.38. The smallest absolute Gasteiger partial charge is 0.154 e. The first-order valence-electron chi connectivity index (χ1n) is 8.00. The summed E-state index contributed by atoms with van der Waals surface area (Å²) in [5.41, 5.74) is 0. The third kappa shape index (κ3) is 5.07. The summed E-state index contributed by atoms with van der Waals surface area (Å²) in [5.74, 6) is 0.968. The van der Waals surface area contributed by atoms with Gasteiger partial charge in [0, 0.05) is 6.04 Å². The van der Waals surface area contributed by atoms with Gasteiger partial charge < -0.3 is 5.32 Å². The standard InChI is InChI=1S/C15H31NO2S/c1-4-7-11-19(17,18)15-12-13(6-3)8-9-14(15)16-10-5-2/h13-16H,4-12H2,1-3H3. The molecule has 0 aromatic heterocycles. The van der Waals surface area contributed by atoms with E-state index in [9.17, 15) is 8.42 Å². The quantitative estimate of drug-likeness (QED) is 0.746. The maximum Gasteiger partial charge on any atom is 0.154 e. The number of unbranched alkanes of at least 4 members (excludes halogenated alkanes) is 1. The van der Waals surface area contributed by atoms with Crippen LogP contribution in [0.15, 0.2) is 0 Å². The normalized spacial score (nSPS) is 28.5. The number of rotatable bonds is 8. The van der Waals surface area contributed by atoms with Gasteiger partial charge in [-0.25, -0.2) is 8.42 Å². The average molecular weight is 289 g/mol. The Morgan fingerprint density at radius 2 is 1.84 bits per heavy atom. The molecular formula is C15H31NO2S. The van der Waals surface area contributed by atoms with E-state index >= 15 is 0 Å². The van der Waals surface area contributed by atoms with E-state index in [1.807, 2.05) is 0 Å². The van der Waals surface area contributed by atoms with Crippen molar-refractivity contribution in [1.29, 1.82) is 0 Å². The highest BCUT2D eigenvalue weighted by Gasteiger charge is 2.37. The molecule has 3 unspecified atom stereocenters. The molecule has 114 valence electrons. The van der Waals surface area contributed by atoms with Crippen molar-refractivity contribution >= 4 is 9.84 Å². The van der Waals surface area contributed by atoms with Gasteiger partial charge in [0.1, 0.15) is 0 Å². The van der Waals surface area contributed by atoms with Gasteiger partial charge >= 0.3 is 0 Å². The minimum Gasteiger partial charge on any atom is -0.313 e. The maximum absolute atomic E-state index is 12.5. The molecule has 0 heterocycles. The summed E-state index contributed by atoms with van der Waals surface area (Å²) in [7, 11) is -2.93. The Labute approximate surface area is 119 Å². The molecule has 3 atom stereocenters. The molecular weight excluding hydrogens is 258 g/mol. The van der Waals surface area contributed by atoms with Gasteiger partial charge in [-0.2, -0.15) is 0 Å². The summed E-state index contributed by atoms with van der Waals surface area (Å²) in [6, 6.07) is 0.185. The first-order chi connectivity index (χ1) is 9.05. The molecule has 0 aromatic carbocycles. The topological polar surface area (TPSA) is 46.2 Å². The maximum atomic E-state index is 12.5. The third-order valence-corrected chi connectivity index (χ3v) is 6.68. The van der Waals surface area contributed by atoms with Crippen LogP contribution in [0.4, 0.5) is 0 Å². The van der Waals surface area contributed by atoms with Crippen molar-refractivity contribution < 1.29 is 8.42 Å². The van der Waals surface area contributed by atoms with Crippen LogP contribution in [0.3, 0.4) is 0 Å². The molecule has 19 heavy (non-hydrogen) atoms. The van der Waals surface area contributed by atoms with E-state index < -0.39 is 9.84 Å². The fourth-order valence-electron chi connectivity index (χ4n) is 3.04. The monoisotopic (exact) mass is 289 g/mol. The van der Waals surface area contributed by atoms with Crippen LogP contribution in [0.5, 0.6) is 0 Å². The van der Waals surface area contributed by atoms with Crippen LogP contribution in [0, 0.1) is 5.92 Å². The zero-order valence-electron chi connectivity index (χ0n) is 12.8. The molecule has 1 N–H and O–H groups in total. The molecule has 1 fully saturated rings. The van der Waals surface area contributed by atoms with E-state index in [1.165, 1.54) is 6.42 Å². The van der Waals surface area contributed by atoms with Crippen LogP contribution in [-0.4, -0.2) is 32.0 Å². The second-order valence-corrected chi connectivity index (χ2v) is 8.25. The van der Waals surface area contributed by atoms with Crippen LogP contribution in [-0.2, 0) is 9.84 Å².